The van der Waals surface area contributed by atoms with Crippen LogP contribution in [0, 0.1) is 12.7 Å². The van der Waals surface area contributed by atoms with E-state index in [0.717, 1.165) is 11.1 Å². The highest BCUT2D eigenvalue weighted by Gasteiger charge is 2.14. The standard InChI is InChI=1S/C12H14FN3O2S/c1-9-8-11(13)3-2-10(9)4-7-15-19(17,18)12-5-6-14-16-12/h2-3,5-6,8,15H,4,7H2,1H3,(H,14,16). The highest BCUT2D eigenvalue weighted by molar-refractivity contribution is 7.89. The lowest BCUT2D eigenvalue weighted by molar-refractivity contribution is 0.577. The second kappa shape index (κ2) is 5.50. The van der Waals surface area contributed by atoms with Crippen LogP contribution in [0.5, 0.6) is 0 Å². The van der Waals surface area contributed by atoms with Crippen molar-refractivity contribution in [3.8, 4) is 0 Å². The van der Waals surface area contributed by atoms with Gasteiger partial charge < -0.3 is 0 Å². The first kappa shape index (κ1) is 13.7. The quantitative estimate of drug-likeness (QED) is 0.870. The fourth-order valence-corrected chi connectivity index (χ4v) is 2.67. The molecule has 0 saturated heterocycles. The lowest BCUT2D eigenvalue weighted by Gasteiger charge is -2.07. The molecule has 2 N–H and O–H groups in total. The number of aromatic nitrogens is 2. The summed E-state index contributed by atoms with van der Waals surface area (Å²) in [6, 6.07) is 5.84. The van der Waals surface area contributed by atoms with Gasteiger partial charge in [0.15, 0.2) is 5.03 Å². The molecule has 19 heavy (non-hydrogen) atoms. The zero-order valence-corrected chi connectivity index (χ0v) is 11.2. The van der Waals surface area contributed by atoms with E-state index >= 15 is 0 Å². The summed E-state index contributed by atoms with van der Waals surface area (Å²) in [7, 11) is -3.55. The van der Waals surface area contributed by atoms with Crippen LogP contribution >= 0.6 is 0 Å². The Bertz CT molecular complexity index is 654. The molecule has 1 aromatic heterocycles. The molecule has 102 valence electrons. The number of hydrogen-bond donors (Lipinski definition) is 2. The molecule has 0 aliphatic rings. The van der Waals surface area contributed by atoms with E-state index in [1.54, 1.807) is 13.0 Å². The second-order valence-corrected chi connectivity index (χ2v) is 5.87. The second-order valence-electron chi connectivity index (χ2n) is 4.14. The van der Waals surface area contributed by atoms with Crippen LogP contribution < -0.4 is 4.72 Å². The zero-order chi connectivity index (χ0) is 13.9. The van der Waals surface area contributed by atoms with Gasteiger partial charge in [-0.3, -0.25) is 5.10 Å². The summed E-state index contributed by atoms with van der Waals surface area (Å²) in [4.78, 5) is 0. The molecule has 2 aromatic rings. The first-order chi connectivity index (χ1) is 8.99. The highest BCUT2D eigenvalue weighted by Crippen LogP contribution is 2.11. The molecule has 0 aliphatic carbocycles. The Morgan fingerprint density at radius 2 is 2.16 bits per heavy atom. The van der Waals surface area contributed by atoms with E-state index < -0.39 is 10.0 Å². The molecule has 0 bridgehead atoms. The van der Waals surface area contributed by atoms with Gasteiger partial charge in [-0.05, 0) is 42.7 Å². The summed E-state index contributed by atoms with van der Waals surface area (Å²) in [5.74, 6) is -0.292. The lowest BCUT2D eigenvalue weighted by Crippen LogP contribution is -2.26. The average molecular weight is 283 g/mol. The van der Waals surface area contributed by atoms with E-state index in [4.69, 9.17) is 0 Å². The van der Waals surface area contributed by atoms with Gasteiger partial charge in [-0.1, -0.05) is 6.07 Å². The first-order valence-corrected chi connectivity index (χ1v) is 7.21. The van der Waals surface area contributed by atoms with Crippen molar-refractivity contribution < 1.29 is 12.8 Å². The monoisotopic (exact) mass is 283 g/mol. The van der Waals surface area contributed by atoms with Gasteiger partial charge in [0, 0.05) is 6.54 Å². The third kappa shape index (κ3) is 3.39. The third-order valence-electron chi connectivity index (χ3n) is 2.76. The number of sulfonamides is 1. The van der Waals surface area contributed by atoms with Gasteiger partial charge in [0.05, 0.1) is 6.20 Å². The number of aromatic amines is 1. The number of H-pyrrole nitrogens is 1. The van der Waals surface area contributed by atoms with Crippen LogP contribution in [-0.2, 0) is 16.4 Å². The van der Waals surface area contributed by atoms with Crippen LogP contribution in [0.4, 0.5) is 4.39 Å². The largest absolute Gasteiger partial charge is 0.266 e. The van der Waals surface area contributed by atoms with Gasteiger partial charge in [-0.15, -0.1) is 0 Å². The molecular formula is C12H14FN3O2S. The van der Waals surface area contributed by atoms with Crippen molar-refractivity contribution >= 4 is 10.0 Å². The highest BCUT2D eigenvalue weighted by atomic mass is 32.2. The molecule has 0 atom stereocenters. The van der Waals surface area contributed by atoms with Crippen molar-refractivity contribution in [2.24, 2.45) is 0 Å². The summed E-state index contributed by atoms with van der Waals surface area (Å²) < 4.78 is 38.9. The molecular weight excluding hydrogens is 269 g/mol. The Hall–Kier alpha value is -1.73. The molecule has 0 fully saturated rings. The number of nitrogens with one attached hydrogen (secondary N) is 2. The molecule has 0 amide bonds. The van der Waals surface area contributed by atoms with Gasteiger partial charge in [0.1, 0.15) is 5.82 Å². The topological polar surface area (TPSA) is 74.8 Å². The fourth-order valence-electron chi connectivity index (χ4n) is 1.73. The molecule has 1 aromatic carbocycles. The lowest BCUT2D eigenvalue weighted by atomic mass is 10.1. The number of hydrogen-bond acceptors (Lipinski definition) is 3. The molecule has 7 heteroatoms. The Morgan fingerprint density at radius 3 is 2.79 bits per heavy atom. The molecule has 0 spiro atoms. The third-order valence-corrected chi connectivity index (χ3v) is 4.15. The van der Waals surface area contributed by atoms with Crippen molar-refractivity contribution in [3.05, 3.63) is 47.4 Å². The van der Waals surface area contributed by atoms with Crippen LogP contribution in [0.3, 0.4) is 0 Å². The number of aryl methyl sites for hydroxylation is 1. The van der Waals surface area contributed by atoms with Gasteiger partial charge >= 0.3 is 0 Å². The van der Waals surface area contributed by atoms with Crippen molar-refractivity contribution in [2.75, 3.05) is 6.54 Å². The maximum Gasteiger partial charge on any atom is 0.257 e. The van der Waals surface area contributed by atoms with Crippen molar-refractivity contribution in [1.82, 2.24) is 14.9 Å². The maximum atomic E-state index is 12.9. The normalized spacial score (nSPS) is 11.7. The van der Waals surface area contributed by atoms with Crippen molar-refractivity contribution in [3.63, 3.8) is 0 Å². The summed E-state index contributed by atoms with van der Waals surface area (Å²) in [6.07, 6.45) is 1.87. The minimum absolute atomic E-state index is 0.0309. The molecule has 1 heterocycles. The van der Waals surface area contributed by atoms with Crippen LogP contribution in [0.2, 0.25) is 0 Å². The minimum atomic E-state index is -3.55. The van der Waals surface area contributed by atoms with E-state index in [9.17, 15) is 12.8 Å². The average Bonchev–Trinajstić information content (AvgIpc) is 2.86. The van der Waals surface area contributed by atoms with E-state index in [1.807, 2.05) is 0 Å². The summed E-state index contributed by atoms with van der Waals surface area (Å²) in [5, 5.41) is 6.02. The smallest absolute Gasteiger partial charge is 0.257 e. The number of nitrogens with zero attached hydrogens (tertiary/aromatic N) is 1. The number of halogens is 1. The SMILES string of the molecule is Cc1cc(F)ccc1CCNS(=O)(=O)c1ccn[nH]1. The van der Waals surface area contributed by atoms with Crippen LogP contribution in [0.1, 0.15) is 11.1 Å². The van der Waals surface area contributed by atoms with Crippen molar-refractivity contribution in [2.45, 2.75) is 18.4 Å². The Labute approximate surface area is 110 Å². The predicted octanol–water partition coefficient (Wildman–Crippen LogP) is 1.38. The number of rotatable bonds is 5. The summed E-state index contributed by atoms with van der Waals surface area (Å²) >= 11 is 0. The van der Waals surface area contributed by atoms with Gasteiger partial charge in [-0.2, -0.15) is 5.10 Å². The number of benzene rings is 1. The molecule has 2 rings (SSSR count). The van der Waals surface area contributed by atoms with Crippen molar-refractivity contribution in [1.29, 1.82) is 0 Å². The fraction of sp³-hybridized carbons (Fsp3) is 0.250. The van der Waals surface area contributed by atoms with Crippen LogP contribution in [-0.4, -0.2) is 25.2 Å². The molecule has 5 nitrogen and oxygen atoms in total. The molecule has 0 saturated carbocycles. The predicted molar refractivity (Wildman–Crippen MR) is 68.6 cm³/mol. The van der Waals surface area contributed by atoms with E-state index in [0.29, 0.717) is 6.42 Å². The van der Waals surface area contributed by atoms with Crippen LogP contribution in [0.25, 0.3) is 0 Å². The first-order valence-electron chi connectivity index (χ1n) is 5.73. The van der Waals surface area contributed by atoms with E-state index in [-0.39, 0.29) is 17.4 Å². The van der Waals surface area contributed by atoms with Gasteiger partial charge in [0.25, 0.3) is 10.0 Å². The Kier molecular flexibility index (Phi) is 3.96. The van der Waals surface area contributed by atoms with E-state index in [1.165, 1.54) is 24.4 Å². The Balaban J connectivity index is 1.97. The minimum Gasteiger partial charge on any atom is -0.266 e. The summed E-state index contributed by atoms with van der Waals surface area (Å²) in [5.41, 5.74) is 1.72. The maximum absolute atomic E-state index is 12.9. The molecule has 0 radical (unpaired) electrons. The van der Waals surface area contributed by atoms with Crippen LogP contribution in [0.15, 0.2) is 35.5 Å². The van der Waals surface area contributed by atoms with E-state index in [2.05, 4.69) is 14.9 Å². The zero-order valence-electron chi connectivity index (χ0n) is 10.4. The van der Waals surface area contributed by atoms with Gasteiger partial charge in [-0.25, -0.2) is 17.5 Å². The Morgan fingerprint density at radius 1 is 1.37 bits per heavy atom. The molecule has 0 aliphatic heterocycles. The summed E-state index contributed by atoms with van der Waals surface area (Å²) in [6.45, 7) is 2.04. The molecule has 0 unspecified atom stereocenters. The van der Waals surface area contributed by atoms with Gasteiger partial charge in [0.2, 0.25) is 0 Å².